The Morgan fingerprint density at radius 1 is 1.27 bits per heavy atom. The number of ether oxygens (including phenoxy) is 1. The first-order chi connectivity index (χ1) is 10.3. The Morgan fingerprint density at radius 3 is 2.55 bits per heavy atom. The van der Waals surface area contributed by atoms with Gasteiger partial charge in [-0.05, 0) is 12.1 Å². The van der Waals surface area contributed by atoms with Gasteiger partial charge in [0.05, 0.1) is 11.8 Å². The number of carbonyl (C=O) groups excluding carboxylic acids is 2. The lowest BCUT2D eigenvalue weighted by Crippen LogP contribution is -2.16. The van der Waals surface area contributed by atoms with Gasteiger partial charge >= 0.3 is 12.1 Å². The zero-order valence-electron chi connectivity index (χ0n) is 11.2. The van der Waals surface area contributed by atoms with Gasteiger partial charge in [-0.3, -0.25) is 14.9 Å². The number of benzene rings is 1. The number of nitrogens with zero attached hydrogens (tertiary/aromatic N) is 1. The highest BCUT2D eigenvalue weighted by atomic mass is 19.4. The highest BCUT2D eigenvalue weighted by Crippen LogP contribution is 2.28. The molecule has 6 nitrogen and oxygen atoms in total. The summed E-state index contributed by atoms with van der Waals surface area (Å²) in [5.74, 6) is -1.76. The Labute approximate surface area is 122 Å². The van der Waals surface area contributed by atoms with Crippen molar-refractivity contribution < 1.29 is 27.5 Å². The zero-order chi connectivity index (χ0) is 16.3. The van der Waals surface area contributed by atoms with Crippen LogP contribution in [0.3, 0.4) is 0 Å². The van der Waals surface area contributed by atoms with Crippen LogP contribution in [0.15, 0.2) is 30.5 Å². The van der Waals surface area contributed by atoms with E-state index in [9.17, 15) is 22.8 Å². The number of nitrogens with one attached hydrogen (secondary N) is 2. The van der Waals surface area contributed by atoms with Gasteiger partial charge in [0.25, 0.3) is 5.91 Å². The topological polar surface area (TPSA) is 84.1 Å². The number of amides is 1. The number of rotatable bonds is 3. The van der Waals surface area contributed by atoms with Crippen LogP contribution in [0, 0.1) is 0 Å². The van der Waals surface area contributed by atoms with Gasteiger partial charge in [0.1, 0.15) is 11.4 Å². The number of hydrogen-bond acceptors (Lipinski definition) is 4. The quantitative estimate of drug-likeness (QED) is 0.674. The number of halogens is 3. The maximum absolute atomic E-state index is 12.4. The van der Waals surface area contributed by atoms with E-state index in [1.807, 2.05) is 4.98 Å². The lowest BCUT2D eigenvalue weighted by Gasteiger charge is -2.08. The monoisotopic (exact) mass is 313 g/mol. The molecule has 0 fully saturated rings. The highest BCUT2D eigenvalue weighted by molar-refractivity contribution is 6.05. The molecule has 0 aliphatic rings. The van der Waals surface area contributed by atoms with Crippen molar-refractivity contribution in [3.05, 3.63) is 41.7 Å². The number of esters is 1. The summed E-state index contributed by atoms with van der Waals surface area (Å²) >= 11 is 0. The fourth-order valence-electron chi connectivity index (χ4n) is 1.60. The van der Waals surface area contributed by atoms with E-state index in [2.05, 4.69) is 10.3 Å². The number of anilines is 1. The normalized spacial score (nSPS) is 11.1. The molecule has 1 aromatic heterocycles. The minimum Gasteiger partial charge on any atom is -0.426 e. The standard InChI is InChI=1S/C13H10F3N3O3/c1-7(20)22-9-5-3-2-4-8(9)11(21)19-12-17-6-10(18-12)13(14,15)16/h2-6H,1H3,(H2,17,18,19,21). The molecule has 22 heavy (non-hydrogen) atoms. The first kappa shape index (κ1) is 15.5. The van der Waals surface area contributed by atoms with E-state index >= 15 is 0 Å². The number of alkyl halides is 3. The molecule has 0 spiro atoms. The number of carbonyl (C=O) groups is 2. The molecule has 1 heterocycles. The van der Waals surface area contributed by atoms with Gasteiger partial charge in [0.2, 0.25) is 5.95 Å². The molecule has 0 aliphatic heterocycles. The number of aromatic nitrogens is 2. The van der Waals surface area contributed by atoms with Crippen LogP contribution >= 0.6 is 0 Å². The largest absolute Gasteiger partial charge is 0.432 e. The van der Waals surface area contributed by atoms with E-state index in [0.29, 0.717) is 6.20 Å². The number of H-pyrrole nitrogens is 1. The van der Waals surface area contributed by atoms with E-state index in [1.54, 1.807) is 6.07 Å². The molecule has 1 amide bonds. The molecule has 2 rings (SSSR count). The van der Waals surface area contributed by atoms with Gasteiger partial charge < -0.3 is 9.72 Å². The summed E-state index contributed by atoms with van der Waals surface area (Å²) < 4.78 is 42.1. The van der Waals surface area contributed by atoms with Crippen LogP contribution < -0.4 is 10.1 Å². The fraction of sp³-hybridized carbons (Fsp3) is 0.154. The van der Waals surface area contributed by atoms with E-state index in [-0.39, 0.29) is 17.3 Å². The van der Waals surface area contributed by atoms with Crippen molar-refractivity contribution in [1.29, 1.82) is 0 Å². The van der Waals surface area contributed by atoms with Crippen LogP contribution in [0.4, 0.5) is 19.1 Å². The van der Waals surface area contributed by atoms with E-state index < -0.39 is 23.7 Å². The molecular formula is C13H10F3N3O3. The van der Waals surface area contributed by atoms with Crippen molar-refractivity contribution in [2.75, 3.05) is 5.32 Å². The minimum absolute atomic E-state index is 0.00454. The lowest BCUT2D eigenvalue weighted by atomic mass is 10.2. The molecule has 1 aromatic carbocycles. The molecule has 2 N–H and O–H groups in total. The summed E-state index contributed by atoms with van der Waals surface area (Å²) in [7, 11) is 0. The van der Waals surface area contributed by atoms with Gasteiger partial charge in [0, 0.05) is 6.92 Å². The first-order valence-corrected chi connectivity index (χ1v) is 5.98. The Bertz CT molecular complexity index is 710. The zero-order valence-corrected chi connectivity index (χ0v) is 11.2. The van der Waals surface area contributed by atoms with Gasteiger partial charge in [-0.15, -0.1) is 0 Å². The molecule has 0 radical (unpaired) electrons. The molecule has 0 saturated heterocycles. The van der Waals surface area contributed by atoms with Crippen molar-refractivity contribution in [2.45, 2.75) is 13.1 Å². The van der Waals surface area contributed by atoms with Crippen molar-refractivity contribution >= 4 is 17.8 Å². The molecular weight excluding hydrogens is 303 g/mol. The SMILES string of the molecule is CC(=O)Oc1ccccc1C(=O)Nc1ncc(C(F)(F)F)[nH]1. The average Bonchev–Trinajstić information content (AvgIpc) is 2.87. The third kappa shape index (κ3) is 3.62. The smallest absolute Gasteiger partial charge is 0.426 e. The van der Waals surface area contributed by atoms with Crippen LogP contribution in [0.25, 0.3) is 0 Å². The highest BCUT2D eigenvalue weighted by Gasteiger charge is 2.33. The third-order valence-electron chi connectivity index (χ3n) is 2.50. The first-order valence-electron chi connectivity index (χ1n) is 5.98. The van der Waals surface area contributed by atoms with E-state index in [1.165, 1.54) is 18.2 Å². The molecule has 0 unspecified atom stereocenters. The van der Waals surface area contributed by atoms with Crippen LogP contribution in [0.5, 0.6) is 5.75 Å². The predicted molar refractivity (Wildman–Crippen MR) is 69.3 cm³/mol. The molecule has 116 valence electrons. The van der Waals surface area contributed by atoms with Crippen molar-refractivity contribution in [1.82, 2.24) is 9.97 Å². The van der Waals surface area contributed by atoms with Crippen LogP contribution in [0.2, 0.25) is 0 Å². The number of imidazole rings is 1. The number of hydrogen-bond donors (Lipinski definition) is 2. The molecule has 0 bridgehead atoms. The fourth-order valence-corrected chi connectivity index (χ4v) is 1.60. The Morgan fingerprint density at radius 2 is 1.95 bits per heavy atom. The average molecular weight is 313 g/mol. The van der Waals surface area contributed by atoms with Crippen molar-refractivity contribution in [3.8, 4) is 5.75 Å². The molecule has 9 heteroatoms. The van der Waals surface area contributed by atoms with Gasteiger partial charge in [-0.1, -0.05) is 12.1 Å². The van der Waals surface area contributed by atoms with Gasteiger partial charge in [-0.2, -0.15) is 13.2 Å². The van der Waals surface area contributed by atoms with E-state index in [4.69, 9.17) is 4.74 Å². The van der Waals surface area contributed by atoms with Crippen LogP contribution in [-0.4, -0.2) is 21.8 Å². The van der Waals surface area contributed by atoms with Crippen LogP contribution in [0.1, 0.15) is 23.0 Å². The third-order valence-corrected chi connectivity index (χ3v) is 2.50. The summed E-state index contributed by atoms with van der Waals surface area (Å²) in [5.41, 5.74) is -1.10. The second-order valence-corrected chi connectivity index (χ2v) is 4.19. The lowest BCUT2D eigenvalue weighted by molar-refractivity contribution is -0.140. The van der Waals surface area contributed by atoms with Gasteiger partial charge in [0.15, 0.2) is 0 Å². The summed E-state index contributed by atoms with van der Waals surface area (Å²) in [5, 5.41) is 2.17. The second-order valence-electron chi connectivity index (χ2n) is 4.19. The van der Waals surface area contributed by atoms with Crippen molar-refractivity contribution in [3.63, 3.8) is 0 Å². The van der Waals surface area contributed by atoms with E-state index in [0.717, 1.165) is 6.92 Å². The molecule has 0 saturated carbocycles. The maximum atomic E-state index is 12.4. The van der Waals surface area contributed by atoms with Crippen LogP contribution in [-0.2, 0) is 11.0 Å². The van der Waals surface area contributed by atoms with Crippen molar-refractivity contribution in [2.24, 2.45) is 0 Å². The summed E-state index contributed by atoms with van der Waals surface area (Å²) in [6.45, 7) is 1.16. The predicted octanol–water partition coefficient (Wildman–Crippen LogP) is 2.61. The Balaban J connectivity index is 2.19. The minimum atomic E-state index is -4.59. The summed E-state index contributed by atoms with van der Waals surface area (Å²) in [4.78, 5) is 28.4. The summed E-state index contributed by atoms with van der Waals surface area (Å²) in [6, 6.07) is 5.82. The molecule has 0 atom stereocenters. The Hall–Kier alpha value is -2.84. The second kappa shape index (κ2) is 5.88. The number of aromatic amines is 1. The molecule has 0 aliphatic carbocycles. The summed E-state index contributed by atoms with van der Waals surface area (Å²) in [6.07, 6.45) is -4.03. The molecule has 2 aromatic rings. The number of para-hydroxylation sites is 1. The maximum Gasteiger partial charge on any atom is 0.432 e. The van der Waals surface area contributed by atoms with Gasteiger partial charge in [-0.25, -0.2) is 4.98 Å². The Kier molecular flexibility index (Phi) is 4.15.